The second-order valence-electron chi connectivity index (χ2n) is 17.7. The van der Waals surface area contributed by atoms with Crippen molar-refractivity contribution in [2.75, 3.05) is 0 Å². The fourth-order valence-corrected chi connectivity index (χ4v) is 10.3. The van der Waals surface area contributed by atoms with Gasteiger partial charge >= 0.3 is 0 Å². The molecule has 1 aromatic heterocycles. The van der Waals surface area contributed by atoms with Crippen molar-refractivity contribution in [2.45, 2.75) is 19.3 Å². The van der Waals surface area contributed by atoms with E-state index in [0.29, 0.717) is 5.82 Å². The van der Waals surface area contributed by atoms with Crippen molar-refractivity contribution in [1.29, 1.82) is 0 Å². The molecule has 2 heteroatoms. The molecule has 0 saturated heterocycles. The second kappa shape index (κ2) is 15.6. The Labute approximate surface area is 380 Å². The van der Waals surface area contributed by atoms with Gasteiger partial charge in [0, 0.05) is 22.1 Å². The molecule has 11 aromatic rings. The molecule has 65 heavy (non-hydrogen) atoms. The quantitative estimate of drug-likeness (QED) is 0.160. The first-order valence-corrected chi connectivity index (χ1v) is 22.5. The Balaban J connectivity index is 1.03. The first-order chi connectivity index (χ1) is 32.0. The van der Waals surface area contributed by atoms with Crippen molar-refractivity contribution >= 4 is 21.5 Å². The standard InChI is InChI=1S/C63H44N2/c1-63(2)56-31-17-30-53(61(56)55-38-46-23-9-10-24-47(46)39-57(55)63)54-37-36-43-22-11-12-27-50(43)60(54)44-32-34-45(35-33-44)62-64-58(51-28-15-13-25-48(51)41-18-5-3-6-19-41)40-59(65-62)52-29-16-14-26-49(52)42-20-7-4-8-21-42/h3-40H,1-2H3. The molecule has 0 bridgehead atoms. The number of benzene rings is 10. The summed E-state index contributed by atoms with van der Waals surface area (Å²) in [5, 5.41) is 4.98. The summed E-state index contributed by atoms with van der Waals surface area (Å²) >= 11 is 0. The number of rotatable bonds is 7. The summed E-state index contributed by atoms with van der Waals surface area (Å²) in [5.74, 6) is 0.680. The maximum Gasteiger partial charge on any atom is 0.160 e. The third kappa shape index (κ3) is 6.57. The van der Waals surface area contributed by atoms with Gasteiger partial charge in [-0.2, -0.15) is 0 Å². The average Bonchev–Trinajstić information content (AvgIpc) is 3.60. The van der Waals surface area contributed by atoms with Gasteiger partial charge < -0.3 is 0 Å². The van der Waals surface area contributed by atoms with E-state index >= 15 is 0 Å². The Kier molecular flexibility index (Phi) is 9.21. The minimum Gasteiger partial charge on any atom is -0.228 e. The molecule has 0 atom stereocenters. The molecule has 0 fully saturated rings. The maximum absolute atomic E-state index is 5.39. The molecular weight excluding hydrogens is 785 g/mol. The molecule has 0 saturated carbocycles. The molecule has 1 aliphatic rings. The fraction of sp³-hybridized carbons (Fsp3) is 0.0476. The van der Waals surface area contributed by atoms with Gasteiger partial charge in [-0.25, -0.2) is 9.97 Å². The van der Waals surface area contributed by atoms with Crippen molar-refractivity contribution < 1.29 is 0 Å². The van der Waals surface area contributed by atoms with Crippen LogP contribution in [0.5, 0.6) is 0 Å². The lowest BCUT2D eigenvalue weighted by Crippen LogP contribution is -2.14. The lowest BCUT2D eigenvalue weighted by Gasteiger charge is -2.22. The zero-order chi connectivity index (χ0) is 43.5. The summed E-state index contributed by atoms with van der Waals surface area (Å²) in [4.78, 5) is 10.8. The van der Waals surface area contributed by atoms with Crippen molar-refractivity contribution in [3.63, 3.8) is 0 Å². The molecular formula is C63H44N2. The summed E-state index contributed by atoms with van der Waals surface area (Å²) in [7, 11) is 0. The van der Waals surface area contributed by atoms with Gasteiger partial charge in [-0.3, -0.25) is 0 Å². The summed E-state index contributed by atoms with van der Waals surface area (Å²) in [6, 6.07) is 83.2. The van der Waals surface area contributed by atoms with Gasteiger partial charge in [0.05, 0.1) is 11.4 Å². The van der Waals surface area contributed by atoms with E-state index in [1.165, 1.54) is 60.5 Å². The molecule has 0 unspecified atom stereocenters. The zero-order valence-electron chi connectivity index (χ0n) is 36.3. The van der Waals surface area contributed by atoms with Gasteiger partial charge in [0.25, 0.3) is 0 Å². The highest BCUT2D eigenvalue weighted by Crippen LogP contribution is 2.54. The molecule has 0 radical (unpaired) electrons. The van der Waals surface area contributed by atoms with Gasteiger partial charge in [-0.15, -0.1) is 0 Å². The predicted octanol–water partition coefficient (Wildman–Crippen LogP) is 16.8. The van der Waals surface area contributed by atoms with Crippen LogP contribution in [0.15, 0.2) is 231 Å². The van der Waals surface area contributed by atoms with E-state index in [1.807, 2.05) is 0 Å². The van der Waals surface area contributed by atoms with Crippen molar-refractivity contribution in [2.24, 2.45) is 0 Å². The summed E-state index contributed by atoms with van der Waals surface area (Å²) in [5.41, 5.74) is 19.5. The van der Waals surface area contributed by atoms with Crippen molar-refractivity contribution in [1.82, 2.24) is 9.97 Å². The van der Waals surface area contributed by atoms with Crippen LogP contribution in [0, 0.1) is 0 Å². The van der Waals surface area contributed by atoms with E-state index < -0.39 is 0 Å². The van der Waals surface area contributed by atoms with Gasteiger partial charge in [0.15, 0.2) is 5.82 Å². The Bertz CT molecular complexity index is 3500. The Morgan fingerprint density at radius 2 is 0.785 bits per heavy atom. The highest BCUT2D eigenvalue weighted by molar-refractivity contribution is 6.08. The SMILES string of the molecule is CC1(C)c2cc3ccccc3cc2-c2c(-c3ccc4ccccc4c3-c3ccc(-c4nc(-c5ccccc5-c5ccccc5)cc(-c5ccccc5-c5ccccc5)n4)cc3)cccc21. The molecule has 0 aliphatic heterocycles. The lowest BCUT2D eigenvalue weighted by atomic mass is 9.81. The third-order valence-electron chi connectivity index (χ3n) is 13.5. The third-order valence-corrected chi connectivity index (χ3v) is 13.5. The molecule has 0 spiro atoms. The Morgan fingerprint density at radius 1 is 0.292 bits per heavy atom. The number of fused-ring (bicyclic) bond motifs is 5. The van der Waals surface area contributed by atoms with Crippen LogP contribution in [0.4, 0.5) is 0 Å². The molecule has 1 aliphatic carbocycles. The maximum atomic E-state index is 5.39. The fourth-order valence-electron chi connectivity index (χ4n) is 10.3. The van der Waals surface area contributed by atoms with Crippen molar-refractivity contribution in [3.8, 4) is 89.5 Å². The van der Waals surface area contributed by atoms with Crippen LogP contribution in [0.2, 0.25) is 0 Å². The van der Waals surface area contributed by atoms with E-state index in [1.54, 1.807) is 0 Å². The largest absolute Gasteiger partial charge is 0.228 e. The molecule has 0 N–H and O–H groups in total. The summed E-state index contributed by atoms with van der Waals surface area (Å²) in [6.07, 6.45) is 0. The first kappa shape index (κ1) is 38.5. The zero-order valence-corrected chi connectivity index (χ0v) is 36.3. The number of aromatic nitrogens is 2. The normalized spacial score (nSPS) is 12.6. The highest BCUT2D eigenvalue weighted by atomic mass is 14.9. The van der Waals surface area contributed by atoms with Crippen LogP contribution in [0.3, 0.4) is 0 Å². The van der Waals surface area contributed by atoms with E-state index in [-0.39, 0.29) is 5.41 Å². The second-order valence-corrected chi connectivity index (χ2v) is 17.7. The number of hydrogen-bond acceptors (Lipinski definition) is 2. The minimum atomic E-state index is -0.139. The van der Waals surface area contributed by atoms with Gasteiger partial charge in [-0.05, 0) is 107 Å². The molecule has 2 nitrogen and oxygen atoms in total. The van der Waals surface area contributed by atoms with Gasteiger partial charge in [0.1, 0.15) is 0 Å². The Hall–Kier alpha value is -8.20. The van der Waals surface area contributed by atoms with E-state index in [4.69, 9.17) is 9.97 Å². The molecule has 12 rings (SSSR count). The molecule has 306 valence electrons. The number of hydrogen-bond donors (Lipinski definition) is 0. The summed E-state index contributed by atoms with van der Waals surface area (Å²) < 4.78 is 0. The average molecular weight is 829 g/mol. The van der Waals surface area contributed by atoms with Crippen LogP contribution < -0.4 is 0 Å². The van der Waals surface area contributed by atoms with Crippen LogP contribution in [-0.4, -0.2) is 9.97 Å². The topological polar surface area (TPSA) is 25.8 Å². The van der Waals surface area contributed by atoms with Gasteiger partial charge in [0.2, 0.25) is 0 Å². The van der Waals surface area contributed by atoms with Crippen LogP contribution in [-0.2, 0) is 5.41 Å². The van der Waals surface area contributed by atoms with Crippen LogP contribution >= 0.6 is 0 Å². The predicted molar refractivity (Wildman–Crippen MR) is 273 cm³/mol. The molecule has 10 aromatic carbocycles. The van der Waals surface area contributed by atoms with E-state index in [9.17, 15) is 0 Å². The number of nitrogens with zero attached hydrogens (tertiary/aromatic N) is 2. The van der Waals surface area contributed by atoms with Gasteiger partial charge in [-0.1, -0.05) is 226 Å². The Morgan fingerprint density at radius 3 is 1.42 bits per heavy atom. The van der Waals surface area contributed by atoms with Crippen LogP contribution in [0.1, 0.15) is 25.0 Å². The van der Waals surface area contributed by atoms with Crippen LogP contribution in [0.25, 0.3) is 111 Å². The minimum absolute atomic E-state index is 0.139. The summed E-state index contributed by atoms with van der Waals surface area (Å²) in [6.45, 7) is 4.75. The molecule has 0 amide bonds. The molecule has 1 heterocycles. The van der Waals surface area contributed by atoms with Crippen molar-refractivity contribution in [3.05, 3.63) is 242 Å². The smallest absolute Gasteiger partial charge is 0.160 e. The monoisotopic (exact) mass is 828 g/mol. The highest BCUT2D eigenvalue weighted by Gasteiger charge is 2.37. The van der Waals surface area contributed by atoms with E-state index in [0.717, 1.165) is 55.9 Å². The first-order valence-electron chi connectivity index (χ1n) is 22.5. The van der Waals surface area contributed by atoms with E-state index in [2.05, 4.69) is 244 Å². The lowest BCUT2D eigenvalue weighted by molar-refractivity contribution is 0.661.